The Labute approximate surface area is 96.1 Å². The van der Waals surface area contributed by atoms with Crippen LogP contribution in [0.25, 0.3) is 0 Å². The van der Waals surface area contributed by atoms with Crippen LogP contribution in [-0.2, 0) is 6.42 Å². The van der Waals surface area contributed by atoms with Gasteiger partial charge < -0.3 is 5.11 Å². The van der Waals surface area contributed by atoms with E-state index in [4.69, 9.17) is 0 Å². The van der Waals surface area contributed by atoms with E-state index in [9.17, 15) is 5.11 Å². The van der Waals surface area contributed by atoms with Crippen molar-refractivity contribution in [2.24, 2.45) is 11.8 Å². The first kappa shape index (κ1) is 11.2. The fourth-order valence-corrected chi connectivity index (χ4v) is 3.48. The Hall–Kier alpha value is -0.340. The Morgan fingerprint density at radius 2 is 2.33 bits per heavy atom. The van der Waals surface area contributed by atoms with Crippen molar-refractivity contribution in [1.82, 2.24) is 0 Å². The summed E-state index contributed by atoms with van der Waals surface area (Å²) in [7, 11) is 0. The number of rotatable bonds is 2. The summed E-state index contributed by atoms with van der Waals surface area (Å²) in [5.74, 6) is 1.21. The van der Waals surface area contributed by atoms with Crippen molar-refractivity contribution < 1.29 is 5.11 Å². The zero-order valence-corrected chi connectivity index (χ0v) is 10.4. The molecule has 1 nitrogen and oxygen atoms in total. The Kier molecular flexibility index (Phi) is 3.17. The molecule has 15 heavy (non-hydrogen) atoms. The van der Waals surface area contributed by atoms with Crippen LogP contribution < -0.4 is 0 Å². The van der Waals surface area contributed by atoms with Gasteiger partial charge in [0.15, 0.2) is 0 Å². The summed E-state index contributed by atoms with van der Waals surface area (Å²) in [5.41, 5.74) is -0.447. The van der Waals surface area contributed by atoms with Crippen molar-refractivity contribution in [2.75, 3.05) is 0 Å². The Bertz CT molecular complexity index is 306. The predicted molar refractivity (Wildman–Crippen MR) is 65.2 cm³/mol. The summed E-state index contributed by atoms with van der Waals surface area (Å²) in [4.78, 5) is 1.32. The zero-order chi connectivity index (χ0) is 10.9. The van der Waals surface area contributed by atoms with Crippen LogP contribution in [0.3, 0.4) is 0 Å². The molecule has 1 fully saturated rings. The molecule has 1 aliphatic carbocycles. The molecule has 3 unspecified atom stereocenters. The first-order valence-corrected chi connectivity index (χ1v) is 6.73. The van der Waals surface area contributed by atoms with E-state index in [-0.39, 0.29) is 0 Å². The molecule has 0 spiro atoms. The SMILES string of the molecule is CC1CCC(O)(Cc2cccs2)C(C)C1. The summed E-state index contributed by atoms with van der Waals surface area (Å²) >= 11 is 1.76. The third-order valence-electron chi connectivity index (χ3n) is 3.80. The number of thiophene rings is 1. The van der Waals surface area contributed by atoms with E-state index in [1.54, 1.807) is 11.3 Å². The Morgan fingerprint density at radius 1 is 1.53 bits per heavy atom. The molecule has 0 radical (unpaired) electrons. The minimum atomic E-state index is -0.447. The van der Waals surface area contributed by atoms with Crippen LogP contribution in [-0.4, -0.2) is 10.7 Å². The van der Waals surface area contributed by atoms with Crippen LogP contribution in [0.1, 0.15) is 38.0 Å². The van der Waals surface area contributed by atoms with Crippen molar-refractivity contribution in [3.63, 3.8) is 0 Å². The minimum Gasteiger partial charge on any atom is -0.389 e. The average molecular weight is 224 g/mol. The number of hydrogen-bond acceptors (Lipinski definition) is 2. The molecule has 1 N–H and O–H groups in total. The maximum absolute atomic E-state index is 10.6. The smallest absolute Gasteiger partial charge is 0.0721 e. The summed E-state index contributed by atoms with van der Waals surface area (Å²) in [5, 5.41) is 12.7. The van der Waals surface area contributed by atoms with Gasteiger partial charge >= 0.3 is 0 Å². The van der Waals surface area contributed by atoms with Gasteiger partial charge in [0.1, 0.15) is 0 Å². The molecule has 3 atom stereocenters. The number of hydrogen-bond donors (Lipinski definition) is 1. The summed E-state index contributed by atoms with van der Waals surface area (Å²) in [6.07, 6.45) is 4.15. The molecule has 1 aromatic heterocycles. The Morgan fingerprint density at radius 3 is 2.93 bits per heavy atom. The van der Waals surface area contributed by atoms with Gasteiger partial charge in [0, 0.05) is 11.3 Å². The molecule has 1 aliphatic rings. The van der Waals surface area contributed by atoms with Crippen molar-refractivity contribution >= 4 is 11.3 Å². The van der Waals surface area contributed by atoms with Gasteiger partial charge in [-0.3, -0.25) is 0 Å². The maximum atomic E-state index is 10.6. The van der Waals surface area contributed by atoms with E-state index in [1.807, 2.05) is 0 Å². The molecule has 84 valence electrons. The molecular formula is C13H20OS. The van der Waals surface area contributed by atoms with Crippen molar-refractivity contribution in [2.45, 2.75) is 45.1 Å². The topological polar surface area (TPSA) is 20.2 Å². The first-order chi connectivity index (χ1) is 7.10. The van der Waals surface area contributed by atoms with Crippen LogP contribution in [0.4, 0.5) is 0 Å². The highest BCUT2D eigenvalue weighted by molar-refractivity contribution is 7.09. The second kappa shape index (κ2) is 4.26. The molecule has 1 heterocycles. The van der Waals surface area contributed by atoms with Gasteiger partial charge in [-0.2, -0.15) is 0 Å². The lowest BCUT2D eigenvalue weighted by Crippen LogP contribution is -2.42. The van der Waals surface area contributed by atoms with Crippen molar-refractivity contribution in [3.05, 3.63) is 22.4 Å². The van der Waals surface area contributed by atoms with Crippen molar-refractivity contribution in [1.29, 1.82) is 0 Å². The molecule has 0 aromatic carbocycles. The largest absolute Gasteiger partial charge is 0.389 e. The third kappa shape index (κ3) is 2.43. The van der Waals surface area contributed by atoms with E-state index in [0.717, 1.165) is 18.8 Å². The molecule has 0 amide bonds. The van der Waals surface area contributed by atoms with Crippen molar-refractivity contribution in [3.8, 4) is 0 Å². The Balaban J connectivity index is 2.06. The summed E-state index contributed by atoms with van der Waals surface area (Å²) in [6.45, 7) is 4.49. The lowest BCUT2D eigenvalue weighted by Gasteiger charge is -2.40. The van der Waals surface area contributed by atoms with E-state index < -0.39 is 5.60 Å². The fourth-order valence-electron chi connectivity index (χ4n) is 2.66. The first-order valence-electron chi connectivity index (χ1n) is 5.85. The molecule has 1 aromatic rings. The highest BCUT2D eigenvalue weighted by atomic mass is 32.1. The van der Waals surface area contributed by atoms with Crippen LogP contribution in [0.15, 0.2) is 17.5 Å². The second-order valence-electron chi connectivity index (χ2n) is 5.14. The minimum absolute atomic E-state index is 0.434. The molecule has 2 heteroatoms. The molecule has 0 saturated heterocycles. The van der Waals surface area contributed by atoms with Gasteiger partial charge in [0.05, 0.1) is 5.60 Å². The quantitative estimate of drug-likeness (QED) is 0.815. The maximum Gasteiger partial charge on any atom is 0.0721 e. The van der Waals surface area contributed by atoms with Gasteiger partial charge in [0.2, 0.25) is 0 Å². The highest BCUT2D eigenvalue weighted by Crippen LogP contribution is 2.39. The predicted octanol–water partition coefficient (Wildman–Crippen LogP) is 3.48. The van der Waals surface area contributed by atoms with Gasteiger partial charge in [-0.1, -0.05) is 19.9 Å². The standard InChI is InChI=1S/C13H20OS/c1-10-5-6-13(14,11(2)8-10)9-12-4-3-7-15-12/h3-4,7,10-11,14H,5-6,8-9H2,1-2H3. The van der Waals surface area contributed by atoms with Crippen LogP contribution in [0, 0.1) is 11.8 Å². The normalized spacial score (nSPS) is 36.7. The monoisotopic (exact) mass is 224 g/mol. The summed E-state index contributed by atoms with van der Waals surface area (Å²) < 4.78 is 0. The molecule has 1 saturated carbocycles. The fraction of sp³-hybridized carbons (Fsp3) is 0.692. The molecule has 0 aliphatic heterocycles. The molecular weight excluding hydrogens is 204 g/mol. The van der Waals surface area contributed by atoms with E-state index in [1.165, 1.54) is 17.7 Å². The van der Waals surface area contributed by atoms with Crippen LogP contribution in [0.5, 0.6) is 0 Å². The third-order valence-corrected chi connectivity index (χ3v) is 4.68. The van der Waals surface area contributed by atoms with Crippen LogP contribution >= 0.6 is 11.3 Å². The van der Waals surface area contributed by atoms with Crippen LogP contribution in [0.2, 0.25) is 0 Å². The number of aliphatic hydroxyl groups is 1. The average Bonchev–Trinajstić information content (AvgIpc) is 2.65. The molecule has 0 bridgehead atoms. The van der Waals surface area contributed by atoms with Gasteiger partial charge in [-0.05, 0) is 42.5 Å². The summed E-state index contributed by atoms with van der Waals surface area (Å²) in [6, 6.07) is 4.20. The highest BCUT2D eigenvalue weighted by Gasteiger charge is 2.38. The van der Waals surface area contributed by atoms with E-state index in [0.29, 0.717) is 5.92 Å². The second-order valence-corrected chi connectivity index (χ2v) is 6.17. The lowest BCUT2D eigenvalue weighted by molar-refractivity contribution is -0.0516. The van der Waals surface area contributed by atoms with Gasteiger partial charge in [-0.25, -0.2) is 0 Å². The van der Waals surface area contributed by atoms with Gasteiger partial charge in [0.25, 0.3) is 0 Å². The molecule has 2 rings (SSSR count). The van der Waals surface area contributed by atoms with E-state index >= 15 is 0 Å². The van der Waals surface area contributed by atoms with Gasteiger partial charge in [-0.15, -0.1) is 11.3 Å². The zero-order valence-electron chi connectivity index (χ0n) is 9.57. The van der Waals surface area contributed by atoms with E-state index in [2.05, 4.69) is 31.4 Å². The lowest BCUT2D eigenvalue weighted by atomic mass is 9.70.